The van der Waals surface area contributed by atoms with Crippen LogP contribution in [0.3, 0.4) is 0 Å². The second kappa shape index (κ2) is 21.5. The fourth-order valence-electron chi connectivity index (χ4n) is 3.02. The van der Waals surface area contributed by atoms with Gasteiger partial charge in [-0.25, -0.2) is 4.57 Å². The summed E-state index contributed by atoms with van der Waals surface area (Å²) in [5.74, 6) is 1.73. The fourth-order valence-corrected chi connectivity index (χ4v) is 5.44. The SMILES string of the molecule is CCCCCCCCCCCCCCCCCCSSCCOP(=O)(O)O. The quantitative estimate of drug-likeness (QED) is 0.102. The lowest BCUT2D eigenvalue weighted by atomic mass is 10.0. The first-order valence-corrected chi connectivity index (χ1v) is 15.0. The van der Waals surface area contributed by atoms with Crippen LogP contribution in [-0.2, 0) is 9.09 Å². The molecule has 7 heteroatoms. The molecule has 0 aliphatic rings. The van der Waals surface area contributed by atoms with E-state index in [2.05, 4.69) is 11.4 Å². The number of hydrogen-bond acceptors (Lipinski definition) is 4. The van der Waals surface area contributed by atoms with E-state index in [0.717, 1.165) is 5.75 Å². The molecule has 0 spiro atoms. The van der Waals surface area contributed by atoms with Gasteiger partial charge < -0.3 is 9.79 Å². The van der Waals surface area contributed by atoms with Crippen molar-refractivity contribution in [3.63, 3.8) is 0 Å². The van der Waals surface area contributed by atoms with Gasteiger partial charge in [0.05, 0.1) is 6.61 Å². The van der Waals surface area contributed by atoms with Gasteiger partial charge in [0.15, 0.2) is 0 Å². The summed E-state index contributed by atoms with van der Waals surface area (Å²) in [6, 6.07) is 0. The predicted molar refractivity (Wildman–Crippen MR) is 122 cm³/mol. The van der Waals surface area contributed by atoms with Gasteiger partial charge in [0.2, 0.25) is 0 Å². The summed E-state index contributed by atoms with van der Waals surface area (Å²) in [7, 11) is -0.879. The Kier molecular flexibility index (Phi) is 22.2. The largest absolute Gasteiger partial charge is 0.469 e. The van der Waals surface area contributed by atoms with E-state index in [-0.39, 0.29) is 6.61 Å². The molecule has 0 aromatic rings. The summed E-state index contributed by atoms with van der Waals surface area (Å²) in [5.41, 5.74) is 0. The maximum atomic E-state index is 10.5. The van der Waals surface area contributed by atoms with Crippen LogP contribution in [0, 0.1) is 0 Å². The molecule has 0 aliphatic heterocycles. The van der Waals surface area contributed by atoms with Gasteiger partial charge in [0.1, 0.15) is 0 Å². The van der Waals surface area contributed by atoms with Gasteiger partial charge in [-0.2, -0.15) is 0 Å². The molecule has 27 heavy (non-hydrogen) atoms. The van der Waals surface area contributed by atoms with E-state index in [0.29, 0.717) is 5.75 Å². The van der Waals surface area contributed by atoms with E-state index in [1.807, 2.05) is 0 Å². The van der Waals surface area contributed by atoms with Crippen LogP contribution < -0.4 is 0 Å². The predicted octanol–water partition coefficient (Wildman–Crippen LogP) is 7.74. The first kappa shape index (κ1) is 27.8. The Morgan fingerprint density at radius 1 is 0.630 bits per heavy atom. The Morgan fingerprint density at radius 2 is 1.00 bits per heavy atom. The van der Waals surface area contributed by atoms with Crippen molar-refractivity contribution in [3.8, 4) is 0 Å². The summed E-state index contributed by atoms with van der Waals surface area (Å²) < 4.78 is 14.9. The van der Waals surface area contributed by atoms with Crippen molar-refractivity contribution >= 4 is 29.4 Å². The lowest BCUT2D eigenvalue weighted by Gasteiger charge is -2.05. The molecule has 0 unspecified atom stereocenters. The molecule has 0 aromatic heterocycles. The van der Waals surface area contributed by atoms with E-state index >= 15 is 0 Å². The van der Waals surface area contributed by atoms with Gasteiger partial charge in [-0.05, 0) is 6.42 Å². The maximum Gasteiger partial charge on any atom is 0.469 e. The van der Waals surface area contributed by atoms with Crippen LogP contribution in [0.1, 0.15) is 110 Å². The average molecular weight is 443 g/mol. The number of unbranched alkanes of at least 4 members (excludes halogenated alkanes) is 15. The lowest BCUT2D eigenvalue weighted by molar-refractivity contribution is 0.208. The zero-order chi connectivity index (χ0) is 20.1. The van der Waals surface area contributed by atoms with E-state index in [1.165, 1.54) is 103 Å². The van der Waals surface area contributed by atoms with E-state index in [9.17, 15) is 4.57 Å². The minimum absolute atomic E-state index is 0.112. The molecule has 0 aliphatic carbocycles. The Bertz CT molecular complexity index is 340. The van der Waals surface area contributed by atoms with Crippen LogP contribution in [0.5, 0.6) is 0 Å². The van der Waals surface area contributed by atoms with Crippen molar-refractivity contribution < 1.29 is 18.9 Å². The van der Waals surface area contributed by atoms with Crippen molar-refractivity contribution in [1.29, 1.82) is 0 Å². The van der Waals surface area contributed by atoms with Crippen LogP contribution in [-0.4, -0.2) is 27.9 Å². The first-order valence-electron chi connectivity index (χ1n) is 11.0. The minimum atomic E-state index is -4.28. The first-order chi connectivity index (χ1) is 13.1. The van der Waals surface area contributed by atoms with Crippen molar-refractivity contribution in [3.05, 3.63) is 0 Å². The summed E-state index contributed by atoms with van der Waals surface area (Å²) in [6.45, 7) is 2.39. The van der Waals surface area contributed by atoms with Gasteiger partial charge in [-0.15, -0.1) is 0 Å². The van der Waals surface area contributed by atoms with Crippen molar-refractivity contribution in [1.82, 2.24) is 0 Å². The van der Waals surface area contributed by atoms with Crippen LogP contribution in [0.15, 0.2) is 0 Å². The number of phosphoric ester groups is 1. The summed E-state index contributed by atoms with van der Waals surface area (Å²) >= 11 is 0. The normalized spacial score (nSPS) is 12.0. The Balaban J connectivity index is 3.02. The Hall–Kier alpha value is 0.810. The molecule has 0 saturated carbocycles. The van der Waals surface area contributed by atoms with Crippen LogP contribution in [0.2, 0.25) is 0 Å². The molecule has 0 heterocycles. The molecule has 2 N–H and O–H groups in total. The van der Waals surface area contributed by atoms with E-state index < -0.39 is 7.82 Å². The van der Waals surface area contributed by atoms with Crippen molar-refractivity contribution in [2.24, 2.45) is 0 Å². The van der Waals surface area contributed by atoms with Gasteiger partial charge in [0, 0.05) is 11.5 Å². The third-order valence-electron chi connectivity index (χ3n) is 4.59. The molecule has 0 atom stereocenters. The third-order valence-corrected chi connectivity index (χ3v) is 7.56. The number of hydrogen-bond donors (Lipinski definition) is 2. The van der Waals surface area contributed by atoms with Crippen molar-refractivity contribution in [2.45, 2.75) is 110 Å². The number of phosphoric acid groups is 1. The highest BCUT2D eigenvalue weighted by molar-refractivity contribution is 8.76. The average Bonchev–Trinajstić information content (AvgIpc) is 2.62. The summed E-state index contributed by atoms with van der Waals surface area (Å²) in [6.07, 6.45) is 22.2. The molecule has 0 saturated heterocycles. The highest BCUT2D eigenvalue weighted by atomic mass is 33.1. The molecule has 4 nitrogen and oxygen atoms in total. The molecule has 0 bridgehead atoms. The van der Waals surface area contributed by atoms with Gasteiger partial charge in [-0.1, -0.05) is 125 Å². The molecular formula is C20H43O4PS2. The molecule has 164 valence electrons. The van der Waals surface area contributed by atoms with Crippen LogP contribution >= 0.6 is 29.4 Å². The van der Waals surface area contributed by atoms with E-state index in [4.69, 9.17) is 9.79 Å². The highest BCUT2D eigenvalue weighted by Gasteiger charge is 2.12. The van der Waals surface area contributed by atoms with Crippen LogP contribution in [0.4, 0.5) is 0 Å². The van der Waals surface area contributed by atoms with Crippen molar-refractivity contribution in [2.75, 3.05) is 18.1 Å². The topological polar surface area (TPSA) is 66.8 Å². The summed E-state index contributed by atoms with van der Waals surface area (Å²) in [4.78, 5) is 17.1. The zero-order valence-electron chi connectivity index (χ0n) is 17.4. The zero-order valence-corrected chi connectivity index (χ0v) is 19.9. The second-order valence-corrected chi connectivity index (χ2v) is 11.2. The molecule has 0 rings (SSSR count). The monoisotopic (exact) mass is 442 g/mol. The Labute approximate surface area is 176 Å². The second-order valence-electron chi connectivity index (χ2n) is 7.27. The molecule has 0 amide bonds. The maximum absolute atomic E-state index is 10.5. The summed E-state index contributed by atoms with van der Waals surface area (Å²) in [5, 5.41) is 0. The fraction of sp³-hybridized carbons (Fsp3) is 1.00. The van der Waals surface area contributed by atoms with Gasteiger partial charge >= 0.3 is 7.82 Å². The number of rotatable bonds is 22. The van der Waals surface area contributed by atoms with Crippen LogP contribution in [0.25, 0.3) is 0 Å². The Morgan fingerprint density at radius 3 is 1.41 bits per heavy atom. The molecule has 0 aromatic carbocycles. The van der Waals surface area contributed by atoms with Gasteiger partial charge in [0.25, 0.3) is 0 Å². The van der Waals surface area contributed by atoms with Gasteiger partial charge in [-0.3, -0.25) is 4.52 Å². The third kappa shape index (κ3) is 26.8. The molecule has 0 fully saturated rings. The highest BCUT2D eigenvalue weighted by Crippen LogP contribution is 2.36. The minimum Gasteiger partial charge on any atom is -0.303 e. The smallest absolute Gasteiger partial charge is 0.303 e. The standard InChI is InChI=1S/C20H43O4PS2/c1-2-3-4-5-6-7-8-9-10-11-12-13-14-15-16-17-19-26-27-20-18-24-25(21,22)23/h2-20H2,1H3,(H2,21,22,23). The molecular weight excluding hydrogens is 399 g/mol. The molecule has 0 radical (unpaired) electrons. The van der Waals surface area contributed by atoms with E-state index in [1.54, 1.807) is 21.6 Å². The lowest BCUT2D eigenvalue weighted by Crippen LogP contribution is -1.93.